The first-order chi connectivity index (χ1) is 12.1. The van der Waals surface area contributed by atoms with E-state index in [1.54, 1.807) is 24.3 Å². The first kappa shape index (κ1) is 16.9. The van der Waals surface area contributed by atoms with Gasteiger partial charge in [0.1, 0.15) is 4.88 Å². The molecule has 3 rings (SSSR count). The fourth-order valence-electron chi connectivity index (χ4n) is 2.37. The third-order valence-electron chi connectivity index (χ3n) is 3.55. The van der Waals surface area contributed by atoms with E-state index in [9.17, 15) is 9.59 Å². The number of hydrogen-bond acceptors (Lipinski definition) is 5. The lowest BCUT2D eigenvalue weighted by Crippen LogP contribution is -2.11. The van der Waals surface area contributed by atoms with E-state index in [1.807, 2.05) is 37.3 Å². The lowest BCUT2D eigenvalue weighted by Gasteiger charge is -2.06. The number of methoxy groups -OCH3 is 1. The topological polar surface area (TPSA) is 68.3 Å². The molecule has 6 heteroatoms. The molecular weight excluding hydrogens is 336 g/mol. The van der Waals surface area contributed by atoms with Crippen molar-refractivity contribution in [3.05, 3.63) is 70.0 Å². The summed E-state index contributed by atoms with van der Waals surface area (Å²) in [6.45, 7) is 1.87. The number of benzene rings is 2. The molecule has 0 aliphatic carbocycles. The van der Waals surface area contributed by atoms with E-state index in [0.29, 0.717) is 21.8 Å². The van der Waals surface area contributed by atoms with Crippen LogP contribution >= 0.6 is 11.3 Å². The average Bonchev–Trinajstić information content (AvgIpc) is 3.04. The lowest BCUT2D eigenvalue weighted by atomic mass is 10.1. The van der Waals surface area contributed by atoms with Crippen molar-refractivity contribution in [3.8, 4) is 11.3 Å². The molecule has 0 aliphatic rings. The zero-order chi connectivity index (χ0) is 17.8. The standard InChI is InChI=1S/C19H16N2O3S/c1-12-20-16(13-6-4-3-5-7-13)17(25-12)18(22)21-15-10-8-14(9-11-15)19(23)24-2/h3-11H,1-2H3,(H,21,22). The van der Waals surface area contributed by atoms with Gasteiger partial charge in [-0.3, -0.25) is 4.79 Å². The summed E-state index contributed by atoms with van der Waals surface area (Å²) in [7, 11) is 1.33. The average molecular weight is 352 g/mol. The number of esters is 1. The van der Waals surface area contributed by atoms with E-state index in [-0.39, 0.29) is 5.91 Å². The maximum Gasteiger partial charge on any atom is 0.337 e. The molecule has 0 radical (unpaired) electrons. The minimum Gasteiger partial charge on any atom is -0.465 e. The zero-order valence-electron chi connectivity index (χ0n) is 13.8. The van der Waals surface area contributed by atoms with E-state index in [1.165, 1.54) is 18.4 Å². The molecule has 1 heterocycles. The third kappa shape index (κ3) is 3.75. The normalized spacial score (nSPS) is 10.3. The molecule has 3 aromatic rings. The Labute approximate surface area is 149 Å². The number of amides is 1. The first-order valence-corrected chi connectivity index (χ1v) is 8.42. The van der Waals surface area contributed by atoms with Crippen LogP contribution in [0, 0.1) is 6.92 Å². The molecule has 1 aromatic heterocycles. The Balaban J connectivity index is 1.84. The molecular formula is C19H16N2O3S. The highest BCUT2D eigenvalue weighted by atomic mass is 32.1. The fraction of sp³-hybridized carbons (Fsp3) is 0.105. The molecule has 1 amide bonds. The lowest BCUT2D eigenvalue weighted by molar-refractivity contribution is 0.0600. The predicted molar refractivity (Wildman–Crippen MR) is 98.0 cm³/mol. The van der Waals surface area contributed by atoms with Gasteiger partial charge in [0.25, 0.3) is 5.91 Å². The third-order valence-corrected chi connectivity index (χ3v) is 4.52. The Morgan fingerprint density at radius 2 is 1.72 bits per heavy atom. The van der Waals surface area contributed by atoms with Crippen molar-refractivity contribution in [1.82, 2.24) is 4.98 Å². The second-order valence-corrected chi connectivity index (χ2v) is 6.50. The Hall–Kier alpha value is -2.99. The van der Waals surface area contributed by atoms with Gasteiger partial charge in [-0.2, -0.15) is 0 Å². The number of aryl methyl sites for hydroxylation is 1. The Kier molecular flexibility index (Phi) is 4.90. The molecule has 0 unspecified atom stereocenters. The molecule has 0 saturated heterocycles. The van der Waals surface area contributed by atoms with Gasteiger partial charge >= 0.3 is 5.97 Å². The number of aromatic nitrogens is 1. The van der Waals surface area contributed by atoms with Gasteiger partial charge in [0, 0.05) is 11.3 Å². The molecule has 1 N–H and O–H groups in total. The number of rotatable bonds is 4. The number of carbonyl (C=O) groups excluding carboxylic acids is 2. The van der Waals surface area contributed by atoms with Crippen molar-refractivity contribution in [2.75, 3.05) is 12.4 Å². The van der Waals surface area contributed by atoms with Gasteiger partial charge in [0.05, 0.1) is 23.4 Å². The van der Waals surface area contributed by atoms with E-state index in [0.717, 1.165) is 10.6 Å². The van der Waals surface area contributed by atoms with Crippen LogP contribution in [0.1, 0.15) is 25.0 Å². The smallest absolute Gasteiger partial charge is 0.337 e. The van der Waals surface area contributed by atoms with E-state index >= 15 is 0 Å². The van der Waals surface area contributed by atoms with Gasteiger partial charge in [-0.25, -0.2) is 9.78 Å². The minimum absolute atomic E-state index is 0.227. The minimum atomic E-state index is -0.415. The Morgan fingerprint density at radius 1 is 1.04 bits per heavy atom. The number of carbonyl (C=O) groups is 2. The summed E-state index contributed by atoms with van der Waals surface area (Å²) in [6.07, 6.45) is 0. The summed E-state index contributed by atoms with van der Waals surface area (Å²) in [5.74, 6) is -0.641. The second kappa shape index (κ2) is 7.27. The van der Waals surface area contributed by atoms with Crippen molar-refractivity contribution in [2.45, 2.75) is 6.92 Å². The largest absolute Gasteiger partial charge is 0.465 e. The number of anilines is 1. The summed E-state index contributed by atoms with van der Waals surface area (Å²) in [5, 5.41) is 3.67. The quantitative estimate of drug-likeness (QED) is 0.716. The monoisotopic (exact) mass is 352 g/mol. The maximum absolute atomic E-state index is 12.7. The van der Waals surface area contributed by atoms with Crippen LogP contribution in [-0.4, -0.2) is 24.0 Å². The van der Waals surface area contributed by atoms with Crippen LogP contribution in [0.15, 0.2) is 54.6 Å². The first-order valence-electron chi connectivity index (χ1n) is 7.61. The second-order valence-electron chi connectivity index (χ2n) is 5.30. The number of nitrogens with one attached hydrogen (secondary N) is 1. The maximum atomic E-state index is 12.7. The van der Waals surface area contributed by atoms with Crippen LogP contribution in [0.2, 0.25) is 0 Å². The van der Waals surface area contributed by atoms with Gasteiger partial charge in [0.2, 0.25) is 0 Å². The van der Waals surface area contributed by atoms with Gasteiger partial charge in [-0.1, -0.05) is 30.3 Å². The fourth-order valence-corrected chi connectivity index (χ4v) is 3.20. The van der Waals surface area contributed by atoms with E-state index < -0.39 is 5.97 Å². The number of thiazole rings is 1. The molecule has 0 aliphatic heterocycles. The van der Waals surface area contributed by atoms with Crippen molar-refractivity contribution in [1.29, 1.82) is 0 Å². The van der Waals surface area contributed by atoms with Crippen LogP contribution in [0.25, 0.3) is 11.3 Å². The van der Waals surface area contributed by atoms with Gasteiger partial charge in [-0.15, -0.1) is 11.3 Å². The van der Waals surface area contributed by atoms with Crippen LogP contribution in [-0.2, 0) is 4.74 Å². The van der Waals surface area contributed by atoms with Gasteiger partial charge < -0.3 is 10.1 Å². The van der Waals surface area contributed by atoms with Crippen LogP contribution < -0.4 is 5.32 Å². The highest BCUT2D eigenvalue weighted by molar-refractivity contribution is 7.14. The molecule has 126 valence electrons. The summed E-state index contributed by atoms with van der Waals surface area (Å²) >= 11 is 1.35. The van der Waals surface area contributed by atoms with Crippen molar-refractivity contribution in [3.63, 3.8) is 0 Å². The molecule has 0 bridgehead atoms. The summed E-state index contributed by atoms with van der Waals surface area (Å²) < 4.78 is 4.66. The van der Waals surface area contributed by atoms with E-state index in [4.69, 9.17) is 0 Å². The zero-order valence-corrected chi connectivity index (χ0v) is 14.6. The van der Waals surface area contributed by atoms with Crippen LogP contribution in [0.5, 0.6) is 0 Å². The van der Waals surface area contributed by atoms with Crippen molar-refractivity contribution < 1.29 is 14.3 Å². The van der Waals surface area contributed by atoms with Gasteiger partial charge in [0.15, 0.2) is 0 Å². The predicted octanol–water partition coefficient (Wildman–Crippen LogP) is 4.16. The Morgan fingerprint density at radius 3 is 2.36 bits per heavy atom. The summed E-state index contributed by atoms with van der Waals surface area (Å²) in [4.78, 5) is 29.2. The highest BCUT2D eigenvalue weighted by Crippen LogP contribution is 2.28. The number of ether oxygens (including phenoxy) is 1. The van der Waals surface area contributed by atoms with Crippen molar-refractivity contribution >= 4 is 28.9 Å². The molecule has 2 aromatic carbocycles. The summed E-state index contributed by atoms with van der Waals surface area (Å²) in [6, 6.07) is 16.2. The molecule has 0 saturated carbocycles. The van der Waals surface area contributed by atoms with Crippen molar-refractivity contribution in [2.24, 2.45) is 0 Å². The molecule has 25 heavy (non-hydrogen) atoms. The Bertz CT molecular complexity index is 902. The SMILES string of the molecule is COC(=O)c1ccc(NC(=O)c2sc(C)nc2-c2ccccc2)cc1. The van der Waals surface area contributed by atoms with Crippen LogP contribution in [0.3, 0.4) is 0 Å². The molecule has 0 atom stereocenters. The van der Waals surface area contributed by atoms with Crippen LogP contribution in [0.4, 0.5) is 5.69 Å². The summed E-state index contributed by atoms with van der Waals surface area (Å²) in [5.41, 5.74) is 2.60. The molecule has 5 nitrogen and oxygen atoms in total. The molecule has 0 spiro atoms. The highest BCUT2D eigenvalue weighted by Gasteiger charge is 2.18. The number of hydrogen-bond donors (Lipinski definition) is 1. The number of nitrogens with zero attached hydrogens (tertiary/aromatic N) is 1. The van der Waals surface area contributed by atoms with E-state index in [2.05, 4.69) is 15.0 Å². The van der Waals surface area contributed by atoms with Gasteiger partial charge in [-0.05, 0) is 31.2 Å². The molecule has 0 fully saturated rings.